The molecule has 0 heterocycles. The second-order valence-electron chi connectivity index (χ2n) is 5.39. The van der Waals surface area contributed by atoms with Crippen LogP contribution in [0.3, 0.4) is 0 Å². The molecule has 1 N–H and O–H groups in total. The normalized spacial score (nSPS) is 17.0. The van der Waals surface area contributed by atoms with Crippen molar-refractivity contribution in [2.45, 2.75) is 58.5 Å². The molecular formula is C11H8F15IO. The summed E-state index contributed by atoms with van der Waals surface area (Å²) in [5.41, 5.74) is 0. The number of aliphatic hydroxyl groups excluding tert-OH is 1. The molecule has 0 saturated heterocycles. The second-order valence-corrected chi connectivity index (χ2v) is 7.15. The monoisotopic (exact) mass is 568 g/mol. The molecule has 0 amide bonds. The summed E-state index contributed by atoms with van der Waals surface area (Å²) in [6.07, 6.45) is -10.8. The van der Waals surface area contributed by atoms with Gasteiger partial charge in [0.25, 0.3) is 0 Å². The molecule has 0 aromatic rings. The van der Waals surface area contributed by atoms with Gasteiger partial charge >= 0.3 is 41.7 Å². The van der Waals surface area contributed by atoms with Gasteiger partial charge in [-0.25, -0.2) is 0 Å². The van der Waals surface area contributed by atoms with Crippen molar-refractivity contribution in [3.05, 3.63) is 0 Å². The average molecular weight is 568 g/mol. The smallest absolute Gasteiger partial charge is 0.396 e. The van der Waals surface area contributed by atoms with Crippen molar-refractivity contribution < 1.29 is 71.0 Å². The predicted octanol–water partition coefficient (Wildman–Crippen LogP) is 5.94. The zero-order valence-electron chi connectivity index (χ0n) is 12.7. The molecule has 0 spiro atoms. The molecule has 170 valence electrons. The van der Waals surface area contributed by atoms with Gasteiger partial charge in [-0.1, -0.05) is 22.6 Å². The van der Waals surface area contributed by atoms with Crippen molar-refractivity contribution >= 4 is 22.6 Å². The summed E-state index contributed by atoms with van der Waals surface area (Å²) in [5.74, 6) is -46.2. The van der Waals surface area contributed by atoms with E-state index in [0.717, 1.165) is 22.6 Å². The van der Waals surface area contributed by atoms with Crippen LogP contribution in [0.4, 0.5) is 65.9 Å². The molecule has 0 aliphatic heterocycles. The minimum absolute atomic E-state index is 0.781. The van der Waals surface area contributed by atoms with Crippen molar-refractivity contribution in [3.8, 4) is 0 Å². The van der Waals surface area contributed by atoms with E-state index in [-0.39, 0.29) is 0 Å². The summed E-state index contributed by atoms with van der Waals surface area (Å²) in [6, 6.07) is 0. The molecule has 28 heavy (non-hydrogen) atoms. The Morgan fingerprint density at radius 1 is 0.571 bits per heavy atom. The molecule has 17 heteroatoms. The van der Waals surface area contributed by atoms with Gasteiger partial charge in [0, 0.05) is 17.0 Å². The van der Waals surface area contributed by atoms with Crippen molar-refractivity contribution in [2.75, 3.05) is 6.61 Å². The van der Waals surface area contributed by atoms with E-state index in [1.54, 1.807) is 0 Å². The van der Waals surface area contributed by atoms with Gasteiger partial charge in [-0.15, -0.1) is 0 Å². The third kappa shape index (κ3) is 4.10. The van der Waals surface area contributed by atoms with Crippen molar-refractivity contribution in [2.24, 2.45) is 0 Å². The summed E-state index contributed by atoms with van der Waals surface area (Å²) < 4.78 is 191. The fourth-order valence-corrected chi connectivity index (χ4v) is 2.48. The van der Waals surface area contributed by atoms with E-state index in [1.165, 1.54) is 0 Å². The number of hydrogen-bond acceptors (Lipinski definition) is 1. The minimum atomic E-state index is -8.26. The van der Waals surface area contributed by atoms with E-state index in [0.29, 0.717) is 0 Å². The van der Waals surface area contributed by atoms with E-state index in [4.69, 9.17) is 5.11 Å². The summed E-state index contributed by atoms with van der Waals surface area (Å²) in [4.78, 5) is 0. The Bertz CT molecular complexity index is 541. The maximum Gasteiger partial charge on any atom is 0.460 e. The van der Waals surface area contributed by atoms with Crippen LogP contribution >= 0.6 is 22.6 Å². The number of halogens is 16. The van der Waals surface area contributed by atoms with Gasteiger partial charge in [0.1, 0.15) is 0 Å². The van der Waals surface area contributed by atoms with E-state index < -0.39 is 65.1 Å². The molecule has 0 aliphatic carbocycles. The predicted molar refractivity (Wildman–Crippen MR) is 69.9 cm³/mol. The standard InChI is InChI=1S/C11H8F15IO/c12-5(13,3-4(27)1-2-28)6(14,15)7(16,17)8(18,19)9(20,21)10(22,23)11(24,25)26/h4,28H,1-3H2. The fraction of sp³-hybridized carbons (Fsp3) is 1.00. The summed E-state index contributed by atoms with van der Waals surface area (Å²) in [6.45, 7) is -0.975. The van der Waals surface area contributed by atoms with Crippen LogP contribution in [0.2, 0.25) is 0 Å². The second kappa shape index (κ2) is 7.72. The topological polar surface area (TPSA) is 20.2 Å². The molecule has 0 bridgehead atoms. The maximum absolute atomic E-state index is 13.4. The fourth-order valence-electron chi connectivity index (χ4n) is 1.65. The summed E-state index contributed by atoms with van der Waals surface area (Å²) >= 11 is 0.873. The molecular weight excluding hydrogens is 560 g/mol. The van der Waals surface area contributed by atoms with Crippen LogP contribution < -0.4 is 0 Å². The first-order valence-corrected chi connectivity index (χ1v) is 7.78. The van der Waals surface area contributed by atoms with Gasteiger partial charge in [-0.05, 0) is 6.42 Å². The van der Waals surface area contributed by atoms with Crippen LogP contribution in [0.25, 0.3) is 0 Å². The van der Waals surface area contributed by atoms with Gasteiger partial charge in [-0.2, -0.15) is 65.9 Å². The number of rotatable bonds is 9. The van der Waals surface area contributed by atoms with E-state index in [2.05, 4.69) is 0 Å². The molecule has 1 nitrogen and oxygen atoms in total. The Morgan fingerprint density at radius 2 is 0.893 bits per heavy atom. The highest BCUT2D eigenvalue weighted by molar-refractivity contribution is 14.1. The number of aliphatic hydroxyl groups is 1. The molecule has 0 aromatic carbocycles. The van der Waals surface area contributed by atoms with E-state index in [1.807, 2.05) is 0 Å². The molecule has 0 fully saturated rings. The third-order valence-corrected chi connectivity index (χ3v) is 4.38. The van der Waals surface area contributed by atoms with Gasteiger partial charge in [0.15, 0.2) is 0 Å². The Kier molecular flexibility index (Phi) is 7.62. The van der Waals surface area contributed by atoms with Crippen molar-refractivity contribution in [1.82, 2.24) is 0 Å². The van der Waals surface area contributed by atoms with Gasteiger partial charge in [-0.3, -0.25) is 0 Å². The first-order chi connectivity index (χ1) is 12.0. The highest BCUT2D eigenvalue weighted by atomic mass is 127. The van der Waals surface area contributed by atoms with Crippen molar-refractivity contribution in [1.29, 1.82) is 0 Å². The Labute approximate surface area is 159 Å². The highest BCUT2D eigenvalue weighted by Gasteiger charge is 2.93. The lowest BCUT2D eigenvalue weighted by molar-refractivity contribution is -0.452. The first-order valence-electron chi connectivity index (χ1n) is 6.54. The number of hydrogen-bond donors (Lipinski definition) is 1. The lowest BCUT2D eigenvalue weighted by Gasteiger charge is -2.41. The van der Waals surface area contributed by atoms with Gasteiger partial charge < -0.3 is 5.11 Å². The maximum atomic E-state index is 13.4. The van der Waals surface area contributed by atoms with Crippen LogP contribution in [0, 0.1) is 0 Å². The largest absolute Gasteiger partial charge is 0.460 e. The quantitative estimate of drug-likeness (QED) is 0.208. The minimum Gasteiger partial charge on any atom is -0.396 e. The summed E-state index contributed by atoms with van der Waals surface area (Å²) in [5, 5.41) is 8.40. The van der Waals surface area contributed by atoms with Crippen LogP contribution in [-0.2, 0) is 0 Å². The zero-order chi connectivity index (χ0) is 23.2. The molecule has 0 aliphatic rings. The molecule has 0 rings (SSSR count). The first kappa shape index (κ1) is 27.6. The van der Waals surface area contributed by atoms with E-state index >= 15 is 0 Å². The van der Waals surface area contributed by atoms with Crippen LogP contribution in [0.15, 0.2) is 0 Å². The lowest BCUT2D eigenvalue weighted by atomic mass is 9.89. The molecule has 0 radical (unpaired) electrons. The zero-order valence-corrected chi connectivity index (χ0v) is 14.9. The Morgan fingerprint density at radius 3 is 1.21 bits per heavy atom. The Hall–Kier alpha value is -0.360. The lowest BCUT2D eigenvalue weighted by Crippen LogP contribution is -2.72. The van der Waals surface area contributed by atoms with E-state index in [9.17, 15) is 65.9 Å². The van der Waals surface area contributed by atoms with Crippen LogP contribution in [0.5, 0.6) is 0 Å². The molecule has 1 unspecified atom stereocenters. The number of alkyl halides is 16. The highest BCUT2D eigenvalue weighted by Crippen LogP contribution is 2.62. The van der Waals surface area contributed by atoms with Gasteiger partial charge in [0.2, 0.25) is 0 Å². The van der Waals surface area contributed by atoms with Crippen molar-refractivity contribution in [3.63, 3.8) is 0 Å². The summed E-state index contributed by atoms with van der Waals surface area (Å²) in [7, 11) is 0. The van der Waals surface area contributed by atoms with Gasteiger partial charge in [0.05, 0.1) is 0 Å². The third-order valence-electron chi connectivity index (χ3n) is 3.31. The molecule has 0 aromatic heterocycles. The molecule has 1 atom stereocenters. The van der Waals surface area contributed by atoms with Crippen LogP contribution in [-0.4, -0.2) is 57.3 Å². The SMILES string of the molecule is OCCC(I)CC(F)(F)C(F)(F)C(F)(F)C(F)(F)C(F)(F)C(F)(F)C(F)(F)F. The molecule has 0 saturated carbocycles. The Balaban J connectivity index is 6.32. The van der Waals surface area contributed by atoms with Crippen LogP contribution in [0.1, 0.15) is 12.8 Å². The average Bonchev–Trinajstić information content (AvgIpc) is 2.44.